The lowest BCUT2D eigenvalue weighted by Gasteiger charge is -2.14. The highest BCUT2D eigenvalue weighted by atomic mass is 35.6. The molecule has 0 aliphatic rings. The summed E-state index contributed by atoms with van der Waals surface area (Å²) in [5, 5.41) is 0. The van der Waals surface area contributed by atoms with Crippen LogP contribution < -0.4 is 4.90 Å². The third-order valence-electron chi connectivity index (χ3n) is 2.66. The van der Waals surface area contributed by atoms with Crippen molar-refractivity contribution in [3.8, 4) is 0 Å². The van der Waals surface area contributed by atoms with Crippen molar-refractivity contribution in [2.45, 2.75) is 10.7 Å². The molecule has 22 heavy (non-hydrogen) atoms. The number of rotatable bonds is 4. The first-order valence-electron chi connectivity index (χ1n) is 5.96. The smallest absolute Gasteiger partial charge is 0.422 e. The predicted octanol–water partition coefficient (Wildman–Crippen LogP) is 2.60. The normalized spacial score (nSPS) is 10.6. The van der Waals surface area contributed by atoms with Gasteiger partial charge in [-0.05, 0) is 24.3 Å². The molecule has 0 N–H and O–H groups in total. The molecule has 0 saturated carbocycles. The molecule has 1 rings (SSSR count). The van der Waals surface area contributed by atoms with Gasteiger partial charge < -0.3 is 15.2 Å². The fourth-order valence-electron chi connectivity index (χ4n) is 1.46. The molecule has 0 saturated heterocycles. The number of ether oxygens (including phenoxy) is 1. The summed E-state index contributed by atoms with van der Waals surface area (Å²) >= 11 is 16.4. The predicted molar refractivity (Wildman–Crippen MR) is 84.5 cm³/mol. The van der Waals surface area contributed by atoms with Crippen molar-refractivity contribution in [1.82, 2.24) is 0 Å². The van der Waals surface area contributed by atoms with Crippen LogP contribution in [0.1, 0.15) is 12.5 Å². The van der Waals surface area contributed by atoms with Crippen molar-refractivity contribution in [2.75, 3.05) is 18.6 Å². The van der Waals surface area contributed by atoms with E-state index in [2.05, 4.69) is 4.79 Å². The summed E-state index contributed by atoms with van der Waals surface area (Å²) in [7, 11) is 1.60. The first-order valence-corrected chi connectivity index (χ1v) is 7.09. The lowest BCUT2D eigenvalue weighted by molar-refractivity contribution is -0.139. The maximum atomic E-state index is 11.8. The Labute approximate surface area is 142 Å². The van der Waals surface area contributed by atoms with Crippen LogP contribution in [-0.4, -0.2) is 39.8 Å². The minimum Gasteiger partial charge on any atom is -0.452 e. The fourth-order valence-corrected chi connectivity index (χ4v) is 1.62. The monoisotopic (exact) mass is 363 g/mol. The molecule has 0 fully saturated rings. The Bertz CT molecular complexity index is 620. The van der Waals surface area contributed by atoms with Gasteiger partial charge in [0.1, 0.15) is 6.61 Å². The molecule has 1 aromatic rings. The van der Waals surface area contributed by atoms with Crippen molar-refractivity contribution < 1.29 is 19.1 Å². The van der Waals surface area contributed by atoms with Crippen LogP contribution >= 0.6 is 34.8 Å². The molecule has 0 aliphatic heterocycles. The topological polar surface area (TPSA) is 83.0 Å². The van der Waals surface area contributed by atoms with Crippen molar-refractivity contribution in [1.29, 1.82) is 0 Å². The number of halogens is 3. The fraction of sp³-hybridized carbons (Fsp3) is 0.308. The van der Waals surface area contributed by atoms with E-state index in [0.717, 1.165) is 0 Å². The van der Waals surface area contributed by atoms with Crippen molar-refractivity contribution in [3.05, 3.63) is 35.4 Å². The molecule has 0 aliphatic carbocycles. The van der Waals surface area contributed by atoms with E-state index in [4.69, 9.17) is 45.1 Å². The zero-order valence-corrected chi connectivity index (χ0v) is 14.0. The summed E-state index contributed by atoms with van der Waals surface area (Å²) in [5.41, 5.74) is 9.53. The average molecular weight is 365 g/mol. The Kier molecular flexibility index (Phi) is 6.38. The number of carbonyl (C=O) groups is 2. The molecular weight excluding hydrogens is 353 g/mol. The number of nitrogens with zero attached hydrogens (tertiary/aromatic N) is 3. The Balaban J connectivity index is 2.91. The first kappa shape index (κ1) is 18.5. The largest absolute Gasteiger partial charge is 0.452 e. The minimum absolute atomic E-state index is 0.147. The first-order chi connectivity index (χ1) is 10.2. The number of carbonyl (C=O) groups excluding carboxylic acids is 2. The van der Waals surface area contributed by atoms with Crippen LogP contribution in [0.5, 0.6) is 0 Å². The van der Waals surface area contributed by atoms with E-state index in [1.807, 2.05) is 0 Å². The minimum atomic E-state index is -1.76. The van der Waals surface area contributed by atoms with Crippen molar-refractivity contribution >= 4 is 58.1 Å². The average Bonchev–Trinajstić information content (AvgIpc) is 2.45. The molecular formula is C13H12Cl3N3O3. The highest BCUT2D eigenvalue weighted by Gasteiger charge is 2.29. The van der Waals surface area contributed by atoms with Gasteiger partial charge in [-0.25, -0.2) is 4.79 Å². The third-order valence-corrected chi connectivity index (χ3v) is 2.99. The molecule has 0 heterocycles. The van der Waals surface area contributed by atoms with Crippen LogP contribution in [0.25, 0.3) is 5.53 Å². The van der Waals surface area contributed by atoms with E-state index in [1.165, 1.54) is 24.0 Å². The van der Waals surface area contributed by atoms with E-state index in [-0.39, 0.29) is 17.2 Å². The molecule has 6 nitrogen and oxygen atoms in total. The molecule has 0 unspecified atom stereocenters. The van der Waals surface area contributed by atoms with Crippen LogP contribution in [0.2, 0.25) is 0 Å². The summed E-state index contributed by atoms with van der Waals surface area (Å²) in [5.74, 6) is -1.09. The van der Waals surface area contributed by atoms with Gasteiger partial charge in [0.05, 0.1) is 5.56 Å². The Morgan fingerprint density at radius 1 is 1.27 bits per heavy atom. The quantitative estimate of drug-likeness (QED) is 0.271. The highest BCUT2D eigenvalue weighted by Crippen LogP contribution is 2.26. The van der Waals surface area contributed by atoms with Crippen LogP contribution in [-0.2, 0) is 14.3 Å². The second kappa shape index (κ2) is 7.61. The summed E-state index contributed by atoms with van der Waals surface area (Å²) in [6.07, 6.45) is 0. The van der Waals surface area contributed by atoms with E-state index in [1.54, 1.807) is 19.2 Å². The van der Waals surface area contributed by atoms with E-state index >= 15 is 0 Å². The standard InChI is InChI=1S/C13H12Cl3N3O3/c1-8(20)19(2)10-5-3-9(4-6-10)11(18-17)12(21)22-7-13(14,15)16/h3-6H,7H2,1-2H3. The van der Waals surface area contributed by atoms with E-state index in [9.17, 15) is 9.59 Å². The van der Waals surface area contributed by atoms with Crippen LogP contribution in [0.3, 0.4) is 0 Å². The van der Waals surface area contributed by atoms with Gasteiger partial charge >= 0.3 is 11.7 Å². The Morgan fingerprint density at radius 2 is 1.82 bits per heavy atom. The number of anilines is 1. The SMILES string of the molecule is CC(=O)N(C)c1ccc(C(=[N+]=[N-])C(=O)OCC(Cl)(Cl)Cl)cc1. The number of hydrogen-bond donors (Lipinski definition) is 0. The molecule has 0 aromatic heterocycles. The maximum absolute atomic E-state index is 11.8. The number of esters is 1. The molecule has 1 aromatic carbocycles. The second-order valence-corrected chi connectivity index (χ2v) is 6.78. The van der Waals surface area contributed by atoms with E-state index in [0.29, 0.717) is 5.69 Å². The number of hydrogen-bond acceptors (Lipinski definition) is 3. The summed E-state index contributed by atoms with van der Waals surface area (Å²) in [4.78, 5) is 27.4. The number of benzene rings is 1. The number of alkyl halides is 3. The zero-order chi connectivity index (χ0) is 16.9. The van der Waals surface area contributed by atoms with E-state index < -0.39 is 16.4 Å². The lowest BCUT2D eigenvalue weighted by Crippen LogP contribution is -2.25. The van der Waals surface area contributed by atoms with Gasteiger partial charge in [-0.3, -0.25) is 4.79 Å². The summed E-state index contributed by atoms with van der Waals surface area (Å²) < 4.78 is 2.98. The third kappa shape index (κ3) is 5.31. The van der Waals surface area contributed by atoms with Gasteiger partial charge in [-0.2, -0.15) is 4.79 Å². The zero-order valence-electron chi connectivity index (χ0n) is 11.7. The molecule has 0 bridgehead atoms. The summed E-state index contributed by atoms with van der Waals surface area (Å²) in [6.45, 7) is 0.934. The van der Waals surface area contributed by atoms with Crippen LogP contribution in [0.15, 0.2) is 24.3 Å². The molecule has 118 valence electrons. The lowest BCUT2D eigenvalue weighted by atomic mass is 10.1. The number of amides is 1. The van der Waals surface area contributed by atoms with Crippen molar-refractivity contribution in [3.63, 3.8) is 0 Å². The van der Waals surface area contributed by atoms with Gasteiger partial charge in [0.15, 0.2) is 0 Å². The highest BCUT2D eigenvalue weighted by molar-refractivity contribution is 6.67. The molecule has 0 spiro atoms. The van der Waals surface area contributed by atoms with Crippen LogP contribution in [0, 0.1) is 0 Å². The van der Waals surface area contributed by atoms with Crippen molar-refractivity contribution in [2.24, 2.45) is 0 Å². The second-order valence-electron chi connectivity index (χ2n) is 4.26. The Morgan fingerprint density at radius 3 is 2.23 bits per heavy atom. The molecule has 1 amide bonds. The molecule has 0 atom stereocenters. The van der Waals surface area contributed by atoms with Gasteiger partial charge in [-0.15, -0.1) is 0 Å². The van der Waals surface area contributed by atoms with Gasteiger partial charge in [0, 0.05) is 19.7 Å². The van der Waals surface area contributed by atoms with Crippen LogP contribution in [0.4, 0.5) is 5.69 Å². The van der Waals surface area contributed by atoms with Gasteiger partial charge in [0.2, 0.25) is 9.70 Å². The Hall–Kier alpha value is -1.59. The molecule has 9 heteroatoms. The molecule has 0 radical (unpaired) electrons. The summed E-state index contributed by atoms with van der Waals surface area (Å²) in [6, 6.07) is 6.18. The van der Waals surface area contributed by atoms with Gasteiger partial charge in [0.25, 0.3) is 0 Å². The van der Waals surface area contributed by atoms with Gasteiger partial charge in [-0.1, -0.05) is 34.8 Å². The maximum Gasteiger partial charge on any atom is 0.422 e.